The second-order valence-electron chi connectivity index (χ2n) is 8.37. The third-order valence-corrected chi connectivity index (χ3v) is 5.85. The van der Waals surface area contributed by atoms with Gasteiger partial charge >= 0.3 is 0 Å². The maximum absolute atomic E-state index is 13.0. The largest absolute Gasteiger partial charge is 0.490 e. The molecule has 0 bridgehead atoms. The van der Waals surface area contributed by atoms with E-state index in [1.54, 1.807) is 30.3 Å². The van der Waals surface area contributed by atoms with Crippen molar-refractivity contribution in [2.45, 2.75) is 32.1 Å². The molecule has 0 unspecified atom stereocenters. The molecule has 3 aromatic carbocycles. The first-order valence-corrected chi connectivity index (χ1v) is 11.8. The number of carbonyl (C=O) groups is 2. The molecule has 176 valence electrons. The summed E-state index contributed by atoms with van der Waals surface area (Å²) in [6, 6.07) is 23.8. The lowest BCUT2D eigenvalue weighted by Crippen LogP contribution is -2.24. The third kappa shape index (κ3) is 6.61. The van der Waals surface area contributed by atoms with Gasteiger partial charge in [0.25, 0.3) is 5.91 Å². The number of anilines is 2. The van der Waals surface area contributed by atoms with E-state index in [1.165, 1.54) is 6.42 Å². The molecular weight excluding hydrogens is 428 g/mol. The summed E-state index contributed by atoms with van der Waals surface area (Å²) in [5.74, 6) is 1.10. The van der Waals surface area contributed by atoms with Crippen LogP contribution in [0.3, 0.4) is 0 Å². The van der Waals surface area contributed by atoms with Gasteiger partial charge in [-0.2, -0.15) is 0 Å². The average molecular weight is 459 g/mol. The van der Waals surface area contributed by atoms with E-state index in [0.717, 1.165) is 31.4 Å². The number of hydrogen-bond donors (Lipinski definition) is 2. The lowest BCUT2D eigenvalue weighted by molar-refractivity contribution is -0.120. The molecule has 2 N–H and O–H groups in total. The highest BCUT2D eigenvalue weighted by Crippen LogP contribution is 2.26. The molecule has 34 heavy (non-hydrogen) atoms. The molecule has 2 amide bonds. The number of rotatable bonds is 9. The Morgan fingerprint density at radius 3 is 2.21 bits per heavy atom. The lowest BCUT2D eigenvalue weighted by atomic mass is 9.88. The van der Waals surface area contributed by atoms with Crippen LogP contribution < -0.4 is 20.1 Å². The summed E-state index contributed by atoms with van der Waals surface area (Å²) in [6.45, 7) is 0.671. The molecule has 4 rings (SSSR count). The van der Waals surface area contributed by atoms with E-state index in [-0.39, 0.29) is 17.7 Å². The zero-order valence-corrected chi connectivity index (χ0v) is 19.2. The molecule has 0 radical (unpaired) electrons. The SMILES string of the molecule is O=C(Nc1cccc(NC(=O)C2CCCCC2)c1)c1ccccc1OCCOc1ccccc1. The minimum absolute atomic E-state index is 0.0552. The van der Waals surface area contributed by atoms with Crippen molar-refractivity contribution in [1.82, 2.24) is 0 Å². The van der Waals surface area contributed by atoms with Crippen LogP contribution in [0.5, 0.6) is 11.5 Å². The molecule has 6 heteroatoms. The van der Waals surface area contributed by atoms with E-state index in [0.29, 0.717) is 35.9 Å². The predicted octanol–water partition coefficient (Wildman–Crippen LogP) is 5.92. The van der Waals surface area contributed by atoms with Gasteiger partial charge in [-0.1, -0.05) is 55.7 Å². The van der Waals surface area contributed by atoms with Crippen LogP contribution in [0.15, 0.2) is 78.9 Å². The van der Waals surface area contributed by atoms with Crippen LogP contribution in [0.25, 0.3) is 0 Å². The van der Waals surface area contributed by atoms with E-state index in [4.69, 9.17) is 9.47 Å². The molecule has 0 heterocycles. The molecule has 0 aromatic heterocycles. The Balaban J connectivity index is 1.33. The first-order chi connectivity index (χ1) is 16.7. The number of para-hydroxylation sites is 2. The van der Waals surface area contributed by atoms with Crippen LogP contribution in [0, 0.1) is 5.92 Å². The molecule has 1 aliphatic carbocycles. The summed E-state index contributed by atoms with van der Waals surface area (Å²) in [5, 5.41) is 5.90. The topological polar surface area (TPSA) is 76.7 Å². The maximum atomic E-state index is 13.0. The highest BCUT2D eigenvalue weighted by Gasteiger charge is 2.21. The fourth-order valence-corrected chi connectivity index (χ4v) is 4.09. The molecule has 0 aliphatic heterocycles. The van der Waals surface area contributed by atoms with Gasteiger partial charge in [0, 0.05) is 17.3 Å². The Morgan fingerprint density at radius 1 is 0.735 bits per heavy atom. The second-order valence-corrected chi connectivity index (χ2v) is 8.37. The van der Waals surface area contributed by atoms with Gasteiger partial charge in [0.15, 0.2) is 0 Å². The average Bonchev–Trinajstić information content (AvgIpc) is 2.88. The highest BCUT2D eigenvalue weighted by atomic mass is 16.5. The van der Waals surface area contributed by atoms with Crippen molar-refractivity contribution in [3.63, 3.8) is 0 Å². The van der Waals surface area contributed by atoms with E-state index in [9.17, 15) is 9.59 Å². The monoisotopic (exact) mass is 458 g/mol. The van der Waals surface area contributed by atoms with Gasteiger partial charge in [-0.15, -0.1) is 0 Å². The van der Waals surface area contributed by atoms with Crippen LogP contribution in [-0.2, 0) is 4.79 Å². The maximum Gasteiger partial charge on any atom is 0.259 e. The number of nitrogens with one attached hydrogen (secondary N) is 2. The second kappa shape index (κ2) is 11.9. The molecule has 0 saturated heterocycles. The van der Waals surface area contributed by atoms with Crippen LogP contribution in [0.2, 0.25) is 0 Å². The fourth-order valence-electron chi connectivity index (χ4n) is 4.09. The normalized spacial score (nSPS) is 13.6. The van der Waals surface area contributed by atoms with E-state index in [2.05, 4.69) is 10.6 Å². The minimum atomic E-state index is -0.282. The number of benzene rings is 3. The number of carbonyl (C=O) groups excluding carboxylic acids is 2. The van der Waals surface area contributed by atoms with Crippen molar-refractivity contribution < 1.29 is 19.1 Å². The molecule has 1 saturated carbocycles. The first kappa shape index (κ1) is 23.4. The zero-order chi connectivity index (χ0) is 23.6. The molecular formula is C28H30N2O4. The van der Waals surface area contributed by atoms with Crippen LogP contribution in [0.1, 0.15) is 42.5 Å². The van der Waals surface area contributed by atoms with E-state index in [1.807, 2.05) is 48.5 Å². The first-order valence-electron chi connectivity index (χ1n) is 11.8. The van der Waals surface area contributed by atoms with Crippen LogP contribution in [-0.4, -0.2) is 25.0 Å². The Hall–Kier alpha value is -3.80. The van der Waals surface area contributed by atoms with Crippen molar-refractivity contribution in [1.29, 1.82) is 0 Å². The van der Waals surface area contributed by atoms with Gasteiger partial charge < -0.3 is 20.1 Å². The Labute approximate surface area is 200 Å². The van der Waals surface area contributed by atoms with Crippen LogP contribution in [0.4, 0.5) is 11.4 Å². The van der Waals surface area contributed by atoms with Gasteiger partial charge in [-0.25, -0.2) is 0 Å². The van der Waals surface area contributed by atoms with Gasteiger partial charge in [0.05, 0.1) is 5.56 Å². The van der Waals surface area contributed by atoms with Crippen molar-refractivity contribution in [3.05, 3.63) is 84.4 Å². The molecule has 0 atom stereocenters. The predicted molar refractivity (Wildman–Crippen MR) is 133 cm³/mol. The van der Waals surface area contributed by atoms with Crippen molar-refractivity contribution >= 4 is 23.2 Å². The summed E-state index contributed by atoms with van der Waals surface area (Å²) in [7, 11) is 0. The van der Waals surface area contributed by atoms with Gasteiger partial charge in [0.1, 0.15) is 24.7 Å². The molecule has 1 fully saturated rings. The number of ether oxygens (including phenoxy) is 2. The lowest BCUT2D eigenvalue weighted by Gasteiger charge is -2.21. The summed E-state index contributed by atoms with van der Waals surface area (Å²) in [5.41, 5.74) is 1.71. The van der Waals surface area contributed by atoms with E-state index >= 15 is 0 Å². The standard InChI is InChI=1S/C28H30N2O4/c31-27(21-10-3-1-4-11-21)29-22-12-9-13-23(20-22)30-28(32)25-16-7-8-17-26(25)34-19-18-33-24-14-5-2-6-15-24/h2,5-9,12-17,20-21H,1,3-4,10-11,18-19H2,(H,29,31)(H,30,32). The summed E-state index contributed by atoms with van der Waals surface area (Å²) >= 11 is 0. The Bertz CT molecular complexity index is 1090. The molecule has 1 aliphatic rings. The van der Waals surface area contributed by atoms with Gasteiger partial charge in [-0.05, 0) is 55.3 Å². The summed E-state index contributed by atoms with van der Waals surface area (Å²) in [6.07, 6.45) is 5.30. The summed E-state index contributed by atoms with van der Waals surface area (Å²) < 4.78 is 11.5. The van der Waals surface area contributed by atoms with Gasteiger partial charge in [-0.3, -0.25) is 9.59 Å². The molecule has 3 aromatic rings. The van der Waals surface area contributed by atoms with Gasteiger partial charge in [0.2, 0.25) is 5.91 Å². The third-order valence-electron chi connectivity index (χ3n) is 5.85. The smallest absolute Gasteiger partial charge is 0.259 e. The summed E-state index contributed by atoms with van der Waals surface area (Å²) in [4.78, 5) is 25.5. The van der Waals surface area contributed by atoms with Crippen molar-refractivity contribution in [3.8, 4) is 11.5 Å². The Kier molecular flexibility index (Phi) is 8.17. The minimum Gasteiger partial charge on any atom is -0.490 e. The number of hydrogen-bond acceptors (Lipinski definition) is 4. The van der Waals surface area contributed by atoms with Crippen LogP contribution >= 0.6 is 0 Å². The van der Waals surface area contributed by atoms with E-state index < -0.39 is 0 Å². The highest BCUT2D eigenvalue weighted by molar-refractivity contribution is 6.06. The fraction of sp³-hybridized carbons (Fsp3) is 0.286. The quantitative estimate of drug-likeness (QED) is 0.391. The van der Waals surface area contributed by atoms with Crippen molar-refractivity contribution in [2.24, 2.45) is 5.92 Å². The van der Waals surface area contributed by atoms with Crippen molar-refractivity contribution in [2.75, 3.05) is 23.8 Å². The molecule has 0 spiro atoms. The molecule has 6 nitrogen and oxygen atoms in total. The zero-order valence-electron chi connectivity index (χ0n) is 19.2. The number of amides is 2. The Morgan fingerprint density at radius 2 is 1.41 bits per heavy atom.